The lowest BCUT2D eigenvalue weighted by Gasteiger charge is -2.51. The van der Waals surface area contributed by atoms with Crippen molar-refractivity contribution in [1.29, 1.82) is 0 Å². The molecule has 2 aromatic heterocycles. The van der Waals surface area contributed by atoms with Crippen molar-refractivity contribution in [2.24, 2.45) is 5.92 Å². The Kier molecular flexibility index (Phi) is 8.61. The Morgan fingerprint density at radius 1 is 1.00 bits per heavy atom. The number of amides is 4. The van der Waals surface area contributed by atoms with Crippen LogP contribution in [-0.2, 0) is 30.2 Å². The maximum Gasteiger partial charge on any atom is 0.399 e. The highest BCUT2D eigenvalue weighted by molar-refractivity contribution is 7.52. The number of hydrogen-bond acceptors (Lipinski definition) is 7. The number of likely N-dealkylation sites (tertiary alicyclic amines) is 1. The number of pyridine rings is 1. The average Bonchev–Trinajstić information content (AvgIpc) is 3.68. The molecule has 4 fully saturated rings. The predicted molar refractivity (Wildman–Crippen MR) is 175 cm³/mol. The Bertz CT molecular complexity index is 1860. The molecule has 1 aliphatic carbocycles. The Labute approximate surface area is 284 Å². The Hall–Kier alpha value is -3.78. The van der Waals surface area contributed by atoms with Crippen molar-refractivity contribution in [2.75, 3.05) is 13.1 Å². The first kappa shape index (κ1) is 33.7. The molecule has 3 aromatic rings. The molecule has 49 heavy (non-hydrogen) atoms. The Morgan fingerprint density at radius 2 is 1.76 bits per heavy atom. The van der Waals surface area contributed by atoms with Crippen molar-refractivity contribution in [2.45, 2.75) is 80.7 Å². The standard InChI is InChI=1S/C33H36F2N5O7PS/c34-33(35,48(45,46)47)21-10-13-25-20(15-21)16-26(49-25)29(42)37-23-6-2-1-5-22-11-12-24(40(22)30(23)43)31(44)39-17-32(18-39,27-7-3-4-14-36-27)38-28(41)19-8-9-19/h3-4,7,10,13-16,19,22-24H,1-2,5-6,8-9,11-12,17-18H2,(H,37,42)(H,38,41)(H2,45,46,47)/t22-,23-,24-/m0/s1. The second kappa shape index (κ2) is 12.5. The lowest BCUT2D eigenvalue weighted by molar-refractivity contribution is -0.154. The number of carbonyl (C=O) groups excluding carboxylic acids is 4. The second-order valence-corrected chi connectivity index (χ2v) is 16.2. The molecule has 0 radical (unpaired) electrons. The van der Waals surface area contributed by atoms with E-state index in [0.29, 0.717) is 36.1 Å². The fraction of sp³-hybridized carbons (Fsp3) is 0.485. The number of alkyl halides is 2. The molecule has 4 N–H and O–H groups in total. The van der Waals surface area contributed by atoms with Gasteiger partial charge >= 0.3 is 13.3 Å². The van der Waals surface area contributed by atoms with Crippen molar-refractivity contribution >= 4 is 52.6 Å². The van der Waals surface area contributed by atoms with Crippen LogP contribution >= 0.6 is 18.9 Å². The van der Waals surface area contributed by atoms with Crippen LogP contribution in [0.1, 0.15) is 72.3 Å². The van der Waals surface area contributed by atoms with Crippen molar-refractivity contribution < 1.29 is 42.3 Å². The van der Waals surface area contributed by atoms with Gasteiger partial charge < -0.3 is 30.2 Å². The van der Waals surface area contributed by atoms with Crippen LogP contribution in [0.4, 0.5) is 8.78 Å². The van der Waals surface area contributed by atoms with E-state index in [1.807, 2.05) is 12.1 Å². The van der Waals surface area contributed by atoms with Crippen LogP contribution in [-0.4, -0.2) is 79.4 Å². The van der Waals surface area contributed by atoms with Gasteiger partial charge in [0.1, 0.15) is 17.6 Å². The minimum Gasteiger partial charge on any atom is -0.341 e. The van der Waals surface area contributed by atoms with E-state index in [1.54, 1.807) is 22.1 Å². The van der Waals surface area contributed by atoms with E-state index in [1.165, 1.54) is 12.1 Å². The minimum absolute atomic E-state index is 0.0191. The van der Waals surface area contributed by atoms with Gasteiger partial charge in [-0.1, -0.05) is 25.0 Å². The van der Waals surface area contributed by atoms with E-state index in [-0.39, 0.29) is 53.0 Å². The molecule has 0 unspecified atom stereocenters. The van der Waals surface area contributed by atoms with E-state index < -0.39 is 42.4 Å². The lowest BCUT2D eigenvalue weighted by Crippen LogP contribution is -2.71. The summed E-state index contributed by atoms with van der Waals surface area (Å²) in [5.74, 6) is -1.21. The second-order valence-electron chi connectivity index (χ2n) is 13.5. The first-order chi connectivity index (χ1) is 23.3. The molecule has 260 valence electrons. The predicted octanol–water partition coefficient (Wildman–Crippen LogP) is 3.82. The van der Waals surface area contributed by atoms with E-state index in [2.05, 4.69) is 15.6 Å². The molecule has 1 saturated carbocycles. The van der Waals surface area contributed by atoms with Gasteiger partial charge in [0.05, 0.1) is 23.7 Å². The largest absolute Gasteiger partial charge is 0.399 e. The number of hydrogen-bond donors (Lipinski definition) is 4. The monoisotopic (exact) mass is 715 g/mol. The number of thiophene rings is 1. The third-order valence-corrected chi connectivity index (χ3v) is 12.2. The van der Waals surface area contributed by atoms with Gasteiger partial charge in [0, 0.05) is 28.4 Å². The van der Waals surface area contributed by atoms with Gasteiger partial charge in [0.15, 0.2) is 0 Å². The molecule has 3 aliphatic heterocycles. The summed E-state index contributed by atoms with van der Waals surface area (Å²) in [5, 5.41) is 6.16. The minimum atomic E-state index is -5.77. The molecule has 5 heterocycles. The number of nitrogens with zero attached hydrogens (tertiary/aromatic N) is 3. The summed E-state index contributed by atoms with van der Waals surface area (Å²) in [4.78, 5) is 80.5. The zero-order valence-electron chi connectivity index (χ0n) is 26.4. The quantitative estimate of drug-likeness (QED) is 0.255. The smallest absolute Gasteiger partial charge is 0.341 e. The van der Waals surface area contributed by atoms with Crippen molar-refractivity contribution in [3.63, 3.8) is 0 Å². The summed E-state index contributed by atoms with van der Waals surface area (Å²) in [6.07, 6.45) is 7.06. The average molecular weight is 716 g/mol. The van der Waals surface area contributed by atoms with Crippen LogP contribution in [0, 0.1) is 5.92 Å². The number of fused-ring (bicyclic) bond motifs is 2. The number of carbonyl (C=O) groups is 4. The molecule has 16 heteroatoms. The number of halogens is 2. The van der Waals surface area contributed by atoms with Crippen molar-refractivity contribution in [1.82, 2.24) is 25.4 Å². The number of rotatable bonds is 8. The molecular weight excluding hydrogens is 679 g/mol. The summed E-state index contributed by atoms with van der Waals surface area (Å²) in [6, 6.07) is 8.18. The van der Waals surface area contributed by atoms with Crippen LogP contribution < -0.4 is 10.6 Å². The van der Waals surface area contributed by atoms with Crippen LogP contribution in [0.2, 0.25) is 0 Å². The molecule has 4 amide bonds. The lowest BCUT2D eigenvalue weighted by atomic mass is 9.84. The van der Waals surface area contributed by atoms with Gasteiger partial charge in [-0.3, -0.25) is 28.7 Å². The number of aromatic nitrogens is 1. The molecule has 3 atom stereocenters. The fourth-order valence-electron chi connectivity index (χ4n) is 7.25. The normalized spacial score (nSPS) is 24.1. The molecule has 4 aliphatic rings. The van der Waals surface area contributed by atoms with Gasteiger partial charge in [0.25, 0.3) is 5.91 Å². The molecule has 3 saturated heterocycles. The van der Waals surface area contributed by atoms with Crippen LogP contribution in [0.3, 0.4) is 0 Å². The van der Waals surface area contributed by atoms with Crippen LogP contribution in [0.15, 0.2) is 48.7 Å². The molecule has 7 rings (SSSR count). The maximum atomic E-state index is 14.3. The first-order valence-electron chi connectivity index (χ1n) is 16.4. The summed E-state index contributed by atoms with van der Waals surface area (Å²) >= 11 is 1.01. The summed E-state index contributed by atoms with van der Waals surface area (Å²) in [5.41, 5.74) is -5.39. The SMILES string of the molecule is O=C(N[C@H]1CCCC[C@H]2CC[C@@H](C(=O)N3CC(NC(=O)C4CC4)(c4ccccn4)C3)N2C1=O)c1cc2cc(C(F)(F)P(=O)(O)O)ccc2s1. The van der Waals surface area contributed by atoms with Crippen molar-refractivity contribution in [3.05, 3.63) is 64.8 Å². The molecule has 1 aromatic carbocycles. The number of benzene rings is 1. The Balaban J connectivity index is 1.06. The first-order valence-corrected chi connectivity index (χ1v) is 18.8. The zero-order chi connectivity index (χ0) is 34.7. The van der Waals surface area contributed by atoms with E-state index >= 15 is 0 Å². The highest BCUT2D eigenvalue weighted by atomic mass is 32.1. The van der Waals surface area contributed by atoms with Gasteiger partial charge in [-0.05, 0) is 74.2 Å². The van der Waals surface area contributed by atoms with Gasteiger partial charge in [0.2, 0.25) is 17.7 Å². The number of nitrogens with one attached hydrogen (secondary N) is 2. The topological polar surface area (TPSA) is 169 Å². The maximum absolute atomic E-state index is 14.3. The molecule has 0 spiro atoms. The van der Waals surface area contributed by atoms with Gasteiger partial charge in [-0.25, -0.2) is 0 Å². The molecule has 12 nitrogen and oxygen atoms in total. The van der Waals surface area contributed by atoms with Gasteiger partial charge in [-0.15, -0.1) is 11.3 Å². The highest BCUT2D eigenvalue weighted by Crippen LogP contribution is 2.59. The van der Waals surface area contributed by atoms with Crippen molar-refractivity contribution in [3.8, 4) is 0 Å². The summed E-state index contributed by atoms with van der Waals surface area (Å²) in [7, 11) is -5.77. The fourth-order valence-corrected chi connectivity index (χ4v) is 8.68. The van der Waals surface area contributed by atoms with E-state index in [0.717, 1.165) is 49.2 Å². The third-order valence-electron chi connectivity index (χ3n) is 10.1. The Morgan fingerprint density at radius 3 is 2.45 bits per heavy atom. The molecule has 0 bridgehead atoms. The van der Waals surface area contributed by atoms with Gasteiger partial charge in [-0.2, -0.15) is 8.78 Å². The zero-order valence-corrected chi connectivity index (χ0v) is 28.1. The van der Waals surface area contributed by atoms with Crippen LogP contribution in [0.25, 0.3) is 10.1 Å². The van der Waals surface area contributed by atoms with Crippen LogP contribution in [0.5, 0.6) is 0 Å². The van der Waals surface area contributed by atoms with E-state index in [4.69, 9.17) is 9.79 Å². The third kappa shape index (κ3) is 6.26. The highest BCUT2D eigenvalue weighted by Gasteiger charge is 2.54. The molecular formula is C33H36F2N5O7PS. The van der Waals surface area contributed by atoms with E-state index in [9.17, 15) is 32.5 Å². The summed E-state index contributed by atoms with van der Waals surface area (Å²) in [6.45, 7) is 0.469. The summed E-state index contributed by atoms with van der Waals surface area (Å²) < 4.78 is 40.5.